The van der Waals surface area contributed by atoms with Gasteiger partial charge in [0.1, 0.15) is 0 Å². The van der Waals surface area contributed by atoms with E-state index in [9.17, 15) is 0 Å². The highest BCUT2D eigenvalue weighted by Crippen LogP contribution is 2.26. The van der Waals surface area contributed by atoms with E-state index in [0.717, 1.165) is 5.92 Å². The number of aromatic nitrogens is 1. The smallest absolute Gasteiger partial charge is 0.185 e. The van der Waals surface area contributed by atoms with Gasteiger partial charge in [-0.3, -0.25) is 0 Å². The third kappa shape index (κ3) is 2.02. The number of aryl methyl sites for hydroxylation is 1. The largest absolute Gasteiger partial charge is 0.348 e. The Morgan fingerprint density at radius 2 is 2.15 bits per heavy atom. The van der Waals surface area contributed by atoms with E-state index in [-0.39, 0.29) is 0 Å². The fourth-order valence-electron chi connectivity index (χ4n) is 1.69. The van der Waals surface area contributed by atoms with E-state index >= 15 is 0 Å². The molecule has 1 saturated heterocycles. The lowest BCUT2D eigenvalue weighted by molar-refractivity contribution is 0.438. The first kappa shape index (κ1) is 9.00. The number of rotatable bonds is 1. The maximum atomic E-state index is 4.41. The van der Waals surface area contributed by atoms with Crippen LogP contribution in [0.5, 0.6) is 0 Å². The van der Waals surface area contributed by atoms with Gasteiger partial charge in [-0.1, -0.05) is 6.92 Å². The van der Waals surface area contributed by atoms with Gasteiger partial charge in [0, 0.05) is 24.2 Å². The van der Waals surface area contributed by atoms with E-state index in [1.165, 1.54) is 35.9 Å². The van der Waals surface area contributed by atoms with Crippen LogP contribution in [0.25, 0.3) is 0 Å². The highest BCUT2D eigenvalue weighted by molar-refractivity contribution is 7.15. The van der Waals surface area contributed by atoms with Crippen molar-refractivity contribution in [1.82, 2.24) is 4.98 Å². The minimum atomic E-state index is 0.900. The van der Waals surface area contributed by atoms with E-state index < -0.39 is 0 Å². The summed E-state index contributed by atoms with van der Waals surface area (Å²) in [6.45, 7) is 6.83. The first-order valence-electron chi connectivity index (χ1n) is 4.93. The van der Waals surface area contributed by atoms with Crippen molar-refractivity contribution in [3.05, 3.63) is 11.1 Å². The molecule has 0 saturated carbocycles. The van der Waals surface area contributed by atoms with E-state index in [0.29, 0.717) is 0 Å². The van der Waals surface area contributed by atoms with Crippen LogP contribution in [0.15, 0.2) is 6.20 Å². The zero-order chi connectivity index (χ0) is 9.26. The minimum Gasteiger partial charge on any atom is -0.348 e. The third-order valence-corrected chi connectivity index (χ3v) is 3.64. The van der Waals surface area contributed by atoms with Crippen LogP contribution in [0.2, 0.25) is 0 Å². The fourth-order valence-corrected chi connectivity index (χ4v) is 2.50. The van der Waals surface area contributed by atoms with Gasteiger partial charge in [-0.05, 0) is 25.7 Å². The van der Waals surface area contributed by atoms with E-state index in [1.54, 1.807) is 0 Å². The molecule has 1 aromatic heterocycles. The first-order chi connectivity index (χ1) is 6.25. The maximum absolute atomic E-state index is 4.41. The van der Waals surface area contributed by atoms with E-state index in [2.05, 4.69) is 23.7 Å². The van der Waals surface area contributed by atoms with Crippen LogP contribution < -0.4 is 4.90 Å². The first-order valence-corrected chi connectivity index (χ1v) is 5.75. The highest BCUT2D eigenvalue weighted by atomic mass is 32.1. The fraction of sp³-hybridized carbons (Fsp3) is 0.700. The molecule has 3 heteroatoms. The van der Waals surface area contributed by atoms with Crippen LogP contribution in [0.1, 0.15) is 24.6 Å². The summed E-state index contributed by atoms with van der Waals surface area (Å²) in [7, 11) is 0. The number of hydrogen-bond donors (Lipinski definition) is 0. The van der Waals surface area contributed by atoms with Crippen LogP contribution in [0.3, 0.4) is 0 Å². The molecule has 0 radical (unpaired) electrons. The Morgan fingerprint density at radius 3 is 2.69 bits per heavy atom. The van der Waals surface area contributed by atoms with Gasteiger partial charge in [-0.25, -0.2) is 4.98 Å². The molecule has 0 aliphatic carbocycles. The number of anilines is 1. The molecule has 1 aliphatic rings. The summed E-state index contributed by atoms with van der Waals surface area (Å²) < 4.78 is 0. The summed E-state index contributed by atoms with van der Waals surface area (Å²) in [5.41, 5.74) is 0. The van der Waals surface area contributed by atoms with Crippen LogP contribution in [-0.2, 0) is 0 Å². The summed E-state index contributed by atoms with van der Waals surface area (Å²) in [6.07, 6.45) is 4.61. The standard InChI is InChI=1S/C10H16N2S/c1-8-3-5-12(6-4-8)10-11-7-9(2)13-10/h7-8H,3-6H2,1-2H3. The summed E-state index contributed by atoms with van der Waals surface area (Å²) in [6, 6.07) is 0. The number of nitrogens with zero attached hydrogens (tertiary/aromatic N) is 2. The molecule has 0 N–H and O–H groups in total. The number of piperidine rings is 1. The minimum absolute atomic E-state index is 0.900. The van der Waals surface area contributed by atoms with Crippen molar-refractivity contribution in [1.29, 1.82) is 0 Å². The zero-order valence-electron chi connectivity index (χ0n) is 8.29. The molecule has 1 aliphatic heterocycles. The molecule has 2 nitrogen and oxygen atoms in total. The molecule has 0 bridgehead atoms. The van der Waals surface area contributed by atoms with Crippen LogP contribution >= 0.6 is 11.3 Å². The van der Waals surface area contributed by atoms with Gasteiger partial charge in [-0.15, -0.1) is 11.3 Å². The van der Waals surface area contributed by atoms with Crippen LogP contribution in [0.4, 0.5) is 5.13 Å². The molecule has 0 spiro atoms. The molecule has 0 unspecified atom stereocenters. The van der Waals surface area contributed by atoms with Gasteiger partial charge in [-0.2, -0.15) is 0 Å². The Kier molecular flexibility index (Phi) is 2.54. The van der Waals surface area contributed by atoms with Gasteiger partial charge in [0.2, 0.25) is 0 Å². The Bertz CT molecular complexity index is 274. The second kappa shape index (κ2) is 3.66. The third-order valence-electron chi connectivity index (χ3n) is 2.66. The van der Waals surface area contributed by atoms with E-state index in [1.807, 2.05) is 17.5 Å². The van der Waals surface area contributed by atoms with Crippen LogP contribution in [-0.4, -0.2) is 18.1 Å². The van der Waals surface area contributed by atoms with Crippen molar-refractivity contribution in [3.63, 3.8) is 0 Å². The zero-order valence-corrected chi connectivity index (χ0v) is 9.10. The lowest BCUT2D eigenvalue weighted by Gasteiger charge is -2.29. The Labute approximate surface area is 83.6 Å². The lowest BCUT2D eigenvalue weighted by atomic mass is 10.00. The van der Waals surface area contributed by atoms with E-state index in [4.69, 9.17) is 0 Å². The normalized spacial score (nSPS) is 19.4. The highest BCUT2D eigenvalue weighted by Gasteiger charge is 2.17. The second-order valence-electron chi connectivity index (χ2n) is 3.92. The quantitative estimate of drug-likeness (QED) is 0.686. The monoisotopic (exact) mass is 196 g/mol. The Morgan fingerprint density at radius 1 is 1.46 bits per heavy atom. The molecular weight excluding hydrogens is 180 g/mol. The topological polar surface area (TPSA) is 16.1 Å². The van der Waals surface area contributed by atoms with Gasteiger partial charge in [0.25, 0.3) is 0 Å². The molecule has 1 aromatic rings. The Hall–Kier alpha value is -0.570. The van der Waals surface area contributed by atoms with Gasteiger partial charge in [0.15, 0.2) is 5.13 Å². The molecule has 0 atom stereocenters. The van der Waals surface area contributed by atoms with Crippen LogP contribution in [0, 0.1) is 12.8 Å². The molecule has 72 valence electrons. The molecule has 0 amide bonds. The second-order valence-corrected chi connectivity index (χ2v) is 5.14. The number of hydrogen-bond acceptors (Lipinski definition) is 3. The van der Waals surface area contributed by atoms with Crippen molar-refractivity contribution in [2.75, 3.05) is 18.0 Å². The van der Waals surface area contributed by atoms with Crippen molar-refractivity contribution in [2.45, 2.75) is 26.7 Å². The van der Waals surface area contributed by atoms with Crippen molar-refractivity contribution in [3.8, 4) is 0 Å². The molecule has 2 rings (SSSR count). The SMILES string of the molecule is Cc1cnc(N2CCC(C)CC2)s1. The predicted molar refractivity (Wildman–Crippen MR) is 57.5 cm³/mol. The average Bonchev–Trinajstić information content (AvgIpc) is 2.53. The summed E-state index contributed by atoms with van der Waals surface area (Å²) >= 11 is 1.81. The average molecular weight is 196 g/mol. The van der Waals surface area contributed by atoms with Crippen molar-refractivity contribution >= 4 is 16.5 Å². The lowest BCUT2D eigenvalue weighted by Crippen LogP contribution is -2.32. The van der Waals surface area contributed by atoms with Crippen molar-refractivity contribution < 1.29 is 0 Å². The molecule has 1 fully saturated rings. The molecule has 2 heterocycles. The summed E-state index contributed by atoms with van der Waals surface area (Å²) in [4.78, 5) is 8.14. The molecule has 13 heavy (non-hydrogen) atoms. The number of thiazole rings is 1. The summed E-state index contributed by atoms with van der Waals surface area (Å²) in [5, 5.41) is 1.21. The van der Waals surface area contributed by atoms with Gasteiger partial charge >= 0.3 is 0 Å². The maximum Gasteiger partial charge on any atom is 0.185 e. The van der Waals surface area contributed by atoms with Gasteiger partial charge in [0.05, 0.1) is 0 Å². The predicted octanol–water partition coefficient (Wildman–Crippen LogP) is 2.69. The van der Waals surface area contributed by atoms with Gasteiger partial charge < -0.3 is 4.90 Å². The molecule has 0 aromatic carbocycles. The Balaban J connectivity index is 2.02. The van der Waals surface area contributed by atoms with Crippen molar-refractivity contribution in [2.24, 2.45) is 5.92 Å². The molecular formula is C10H16N2S. The summed E-state index contributed by atoms with van der Waals surface area (Å²) in [5.74, 6) is 0.900.